The number of rotatable bonds is 2. The number of nitrogens with zero attached hydrogens (tertiary/aromatic N) is 1. The molecular formula is C13H13NO4. The van der Waals surface area contributed by atoms with E-state index in [0.29, 0.717) is 5.56 Å². The first-order valence-electron chi connectivity index (χ1n) is 5.43. The van der Waals surface area contributed by atoms with Gasteiger partial charge in [-0.05, 0) is 25.0 Å². The third-order valence-electron chi connectivity index (χ3n) is 2.84. The van der Waals surface area contributed by atoms with Crippen LogP contribution in [-0.4, -0.2) is 15.8 Å². The first kappa shape index (κ1) is 12.2. The third-order valence-corrected chi connectivity index (χ3v) is 2.84. The molecule has 5 heteroatoms. The Balaban J connectivity index is 2.82. The van der Waals surface area contributed by atoms with E-state index in [4.69, 9.17) is 9.63 Å². The van der Waals surface area contributed by atoms with Crippen LogP contribution in [-0.2, 0) is 7.05 Å². The third kappa shape index (κ3) is 1.84. The Morgan fingerprint density at radius 1 is 1.33 bits per heavy atom. The molecule has 0 aliphatic heterocycles. The van der Waals surface area contributed by atoms with E-state index in [1.807, 2.05) is 26.0 Å². The second-order valence-corrected chi connectivity index (χ2v) is 4.22. The van der Waals surface area contributed by atoms with Gasteiger partial charge in [0, 0.05) is 7.05 Å². The molecular weight excluding hydrogens is 234 g/mol. The minimum absolute atomic E-state index is 0.103. The van der Waals surface area contributed by atoms with Crippen molar-refractivity contribution in [2.24, 2.45) is 7.05 Å². The van der Waals surface area contributed by atoms with Crippen LogP contribution >= 0.6 is 0 Å². The highest BCUT2D eigenvalue weighted by Gasteiger charge is 2.23. The van der Waals surface area contributed by atoms with E-state index in [2.05, 4.69) is 0 Å². The largest absolute Gasteiger partial charge is 0.476 e. The van der Waals surface area contributed by atoms with Gasteiger partial charge < -0.3 is 9.63 Å². The molecule has 1 heterocycles. The van der Waals surface area contributed by atoms with E-state index in [-0.39, 0.29) is 11.3 Å². The van der Waals surface area contributed by atoms with E-state index in [0.717, 1.165) is 15.9 Å². The minimum atomic E-state index is -1.18. The summed E-state index contributed by atoms with van der Waals surface area (Å²) in [5, 5.41) is 9.16. The number of aryl methyl sites for hydroxylation is 3. The lowest BCUT2D eigenvalue weighted by molar-refractivity contribution is 0.0673. The van der Waals surface area contributed by atoms with Crippen LogP contribution in [0.2, 0.25) is 0 Å². The number of benzene rings is 1. The summed E-state index contributed by atoms with van der Waals surface area (Å²) in [4.78, 5) is 23.0. The summed E-state index contributed by atoms with van der Waals surface area (Å²) >= 11 is 0. The summed E-state index contributed by atoms with van der Waals surface area (Å²) in [6.45, 7) is 3.71. The van der Waals surface area contributed by atoms with Crippen LogP contribution in [0.1, 0.15) is 21.6 Å². The molecule has 0 bridgehead atoms. The Morgan fingerprint density at radius 3 is 2.61 bits per heavy atom. The van der Waals surface area contributed by atoms with Gasteiger partial charge in [-0.3, -0.25) is 0 Å². The van der Waals surface area contributed by atoms with Crippen LogP contribution in [0.25, 0.3) is 11.1 Å². The molecule has 0 saturated carbocycles. The van der Waals surface area contributed by atoms with Gasteiger partial charge in [0.15, 0.2) is 5.69 Å². The van der Waals surface area contributed by atoms with Crippen molar-refractivity contribution >= 4 is 5.97 Å². The van der Waals surface area contributed by atoms with E-state index in [1.165, 1.54) is 7.05 Å². The zero-order valence-corrected chi connectivity index (χ0v) is 10.4. The normalized spacial score (nSPS) is 10.6. The summed E-state index contributed by atoms with van der Waals surface area (Å²) in [7, 11) is 1.40. The molecule has 0 amide bonds. The van der Waals surface area contributed by atoms with Crippen LogP contribution < -0.4 is 5.63 Å². The molecule has 0 spiro atoms. The number of carbonyl (C=O) groups is 1. The Morgan fingerprint density at radius 2 is 2.00 bits per heavy atom. The quantitative estimate of drug-likeness (QED) is 0.880. The minimum Gasteiger partial charge on any atom is -0.476 e. The molecule has 2 rings (SSSR count). The first-order chi connectivity index (χ1) is 8.41. The Labute approximate surface area is 103 Å². The average molecular weight is 247 g/mol. The molecule has 18 heavy (non-hydrogen) atoms. The molecule has 5 nitrogen and oxygen atoms in total. The average Bonchev–Trinajstić information content (AvgIpc) is 2.57. The summed E-state index contributed by atoms with van der Waals surface area (Å²) in [6, 6.07) is 5.54. The lowest BCUT2D eigenvalue weighted by Gasteiger charge is -2.05. The number of carboxylic acids is 1. The predicted molar refractivity (Wildman–Crippen MR) is 65.8 cm³/mol. The molecule has 0 radical (unpaired) electrons. The number of carboxylic acid groups (broad SMARTS) is 1. The maximum Gasteiger partial charge on any atom is 0.366 e. The molecule has 0 unspecified atom stereocenters. The number of hydrogen-bond donors (Lipinski definition) is 1. The molecule has 0 fully saturated rings. The molecule has 0 aliphatic rings. The second-order valence-electron chi connectivity index (χ2n) is 4.22. The van der Waals surface area contributed by atoms with Gasteiger partial charge in [0.05, 0.1) is 0 Å². The van der Waals surface area contributed by atoms with Crippen LogP contribution in [0, 0.1) is 13.8 Å². The van der Waals surface area contributed by atoms with Crippen LogP contribution in [0.5, 0.6) is 0 Å². The van der Waals surface area contributed by atoms with Gasteiger partial charge in [0.25, 0.3) is 0 Å². The van der Waals surface area contributed by atoms with Crippen molar-refractivity contribution in [3.8, 4) is 11.1 Å². The summed E-state index contributed by atoms with van der Waals surface area (Å²) in [5.41, 5.74) is 1.72. The zero-order valence-electron chi connectivity index (χ0n) is 10.4. The maximum absolute atomic E-state index is 11.8. The number of hydrogen-bond acceptors (Lipinski definition) is 3. The Bertz CT molecular complexity index is 679. The maximum atomic E-state index is 11.8. The van der Waals surface area contributed by atoms with E-state index in [9.17, 15) is 9.59 Å². The second kappa shape index (κ2) is 4.18. The smallest absolute Gasteiger partial charge is 0.366 e. The molecule has 1 aromatic heterocycles. The summed E-state index contributed by atoms with van der Waals surface area (Å²) in [5.74, 6) is -1.18. The monoisotopic (exact) mass is 247 g/mol. The van der Waals surface area contributed by atoms with Crippen molar-refractivity contribution in [1.29, 1.82) is 0 Å². The molecule has 0 saturated heterocycles. The number of aromatic carboxylic acids is 1. The van der Waals surface area contributed by atoms with Gasteiger partial charge in [0.1, 0.15) is 5.56 Å². The Hall–Kier alpha value is -2.30. The summed E-state index contributed by atoms with van der Waals surface area (Å²) < 4.78 is 5.82. The van der Waals surface area contributed by atoms with E-state index in [1.54, 1.807) is 6.07 Å². The Kier molecular flexibility index (Phi) is 2.82. The summed E-state index contributed by atoms with van der Waals surface area (Å²) in [6.07, 6.45) is 0. The predicted octanol–water partition coefficient (Wildman–Crippen LogP) is 1.96. The topological polar surface area (TPSA) is 72.4 Å². The standard InChI is InChI=1S/C13H13NO4/c1-7-4-5-8(2)9(6-7)10-11(12(15)16)14(3)18-13(10)17/h4-6H,1-3H3,(H,15,16). The molecule has 1 N–H and O–H groups in total. The lowest BCUT2D eigenvalue weighted by atomic mass is 9.99. The molecule has 0 aliphatic carbocycles. The fourth-order valence-corrected chi connectivity index (χ4v) is 1.95. The highest BCUT2D eigenvalue weighted by molar-refractivity contribution is 5.94. The van der Waals surface area contributed by atoms with Crippen LogP contribution in [0.4, 0.5) is 0 Å². The fraction of sp³-hybridized carbons (Fsp3) is 0.231. The van der Waals surface area contributed by atoms with Gasteiger partial charge in [-0.2, -0.15) is 0 Å². The molecule has 0 atom stereocenters. The molecule has 94 valence electrons. The van der Waals surface area contributed by atoms with Crippen molar-refractivity contribution in [1.82, 2.24) is 4.74 Å². The van der Waals surface area contributed by atoms with E-state index < -0.39 is 11.6 Å². The SMILES string of the molecule is Cc1ccc(C)c(-c2c(C(=O)O)n(C)oc2=O)c1. The van der Waals surface area contributed by atoms with Crippen molar-refractivity contribution in [3.05, 3.63) is 45.4 Å². The zero-order chi connectivity index (χ0) is 13.4. The van der Waals surface area contributed by atoms with Gasteiger partial charge in [-0.1, -0.05) is 23.8 Å². The number of aromatic nitrogens is 1. The van der Waals surface area contributed by atoms with Gasteiger partial charge in [-0.25, -0.2) is 14.3 Å². The first-order valence-corrected chi connectivity index (χ1v) is 5.43. The highest BCUT2D eigenvalue weighted by atomic mass is 16.5. The van der Waals surface area contributed by atoms with Crippen molar-refractivity contribution in [2.45, 2.75) is 13.8 Å². The van der Waals surface area contributed by atoms with Crippen molar-refractivity contribution in [2.75, 3.05) is 0 Å². The van der Waals surface area contributed by atoms with Crippen LogP contribution in [0.3, 0.4) is 0 Å². The van der Waals surface area contributed by atoms with Crippen molar-refractivity contribution < 1.29 is 14.4 Å². The van der Waals surface area contributed by atoms with Crippen molar-refractivity contribution in [3.63, 3.8) is 0 Å². The van der Waals surface area contributed by atoms with Gasteiger partial charge >= 0.3 is 11.6 Å². The highest BCUT2D eigenvalue weighted by Crippen LogP contribution is 2.25. The lowest BCUT2D eigenvalue weighted by Crippen LogP contribution is -2.07. The fourth-order valence-electron chi connectivity index (χ4n) is 1.95. The molecule has 2 aromatic rings. The van der Waals surface area contributed by atoms with Gasteiger partial charge in [0.2, 0.25) is 0 Å². The van der Waals surface area contributed by atoms with Gasteiger partial charge in [-0.15, -0.1) is 0 Å². The molecule has 1 aromatic carbocycles. The van der Waals surface area contributed by atoms with Crippen LogP contribution in [0.15, 0.2) is 27.5 Å². The van der Waals surface area contributed by atoms with E-state index >= 15 is 0 Å².